The number of nitrogens with zero attached hydrogens (tertiary/aromatic N) is 3. The highest BCUT2D eigenvalue weighted by atomic mass is 16.2. The van der Waals surface area contributed by atoms with Crippen molar-refractivity contribution in [2.45, 2.75) is 12.8 Å². The van der Waals surface area contributed by atoms with Crippen LogP contribution in [-0.2, 0) is 4.79 Å². The Hall–Kier alpha value is -3.35. The summed E-state index contributed by atoms with van der Waals surface area (Å²) in [5, 5.41) is 2.91. The van der Waals surface area contributed by atoms with Crippen molar-refractivity contribution >= 4 is 28.8 Å². The Labute approximate surface area is 156 Å². The first-order valence-corrected chi connectivity index (χ1v) is 8.98. The summed E-state index contributed by atoms with van der Waals surface area (Å²) in [5.74, 6) is -0.394. The molecule has 27 heavy (non-hydrogen) atoms. The third-order valence-corrected chi connectivity index (χ3v) is 5.04. The minimum Gasteiger partial charge on any atom is -0.371 e. The van der Waals surface area contributed by atoms with Crippen molar-refractivity contribution in [3.8, 4) is 0 Å². The highest BCUT2D eigenvalue weighted by Gasteiger charge is 2.23. The number of benzene rings is 1. The van der Waals surface area contributed by atoms with Gasteiger partial charge in [-0.25, -0.2) is 4.98 Å². The van der Waals surface area contributed by atoms with Crippen LogP contribution in [0.15, 0.2) is 55.0 Å². The number of hydrogen-bond donors (Lipinski definition) is 2. The monoisotopic (exact) mass is 363 g/mol. The van der Waals surface area contributed by atoms with E-state index < -0.39 is 0 Å². The molecule has 2 amide bonds. The van der Waals surface area contributed by atoms with Crippen LogP contribution in [0.4, 0.5) is 11.4 Å². The van der Waals surface area contributed by atoms with Crippen LogP contribution in [0.25, 0.3) is 5.65 Å². The molecular weight excluding hydrogens is 342 g/mol. The van der Waals surface area contributed by atoms with Crippen molar-refractivity contribution in [1.29, 1.82) is 0 Å². The SMILES string of the molecule is NC(=O)C1CCN(c2ccc(NC(=O)c3ccc4nccn4c3)cc2)CC1. The third kappa shape index (κ3) is 3.62. The lowest BCUT2D eigenvalue weighted by molar-refractivity contribution is -0.122. The van der Waals surface area contributed by atoms with Crippen molar-refractivity contribution in [1.82, 2.24) is 9.38 Å². The average molecular weight is 363 g/mol. The lowest BCUT2D eigenvalue weighted by atomic mass is 9.96. The first-order chi connectivity index (χ1) is 13.1. The van der Waals surface area contributed by atoms with Gasteiger partial charge in [0.1, 0.15) is 5.65 Å². The van der Waals surface area contributed by atoms with Crippen molar-refractivity contribution in [2.24, 2.45) is 11.7 Å². The zero-order chi connectivity index (χ0) is 18.8. The Morgan fingerprint density at radius 3 is 2.52 bits per heavy atom. The number of fused-ring (bicyclic) bond motifs is 1. The minimum absolute atomic E-state index is 0.0207. The highest BCUT2D eigenvalue weighted by molar-refractivity contribution is 6.04. The zero-order valence-electron chi connectivity index (χ0n) is 14.8. The normalized spacial score (nSPS) is 15.0. The van der Waals surface area contributed by atoms with Crippen LogP contribution >= 0.6 is 0 Å². The quantitative estimate of drug-likeness (QED) is 0.744. The molecule has 1 saturated heterocycles. The molecule has 0 aliphatic carbocycles. The second-order valence-electron chi connectivity index (χ2n) is 6.78. The van der Waals surface area contributed by atoms with E-state index in [1.807, 2.05) is 40.9 Å². The number of carbonyl (C=O) groups is 2. The maximum Gasteiger partial charge on any atom is 0.257 e. The largest absolute Gasteiger partial charge is 0.371 e. The van der Waals surface area contributed by atoms with E-state index in [0.29, 0.717) is 5.56 Å². The second-order valence-corrected chi connectivity index (χ2v) is 6.78. The molecule has 2 aromatic heterocycles. The van der Waals surface area contributed by atoms with Gasteiger partial charge < -0.3 is 20.4 Å². The Balaban J connectivity index is 1.40. The molecule has 0 unspecified atom stereocenters. The van der Waals surface area contributed by atoms with E-state index >= 15 is 0 Å². The van der Waals surface area contributed by atoms with Crippen LogP contribution in [-0.4, -0.2) is 34.3 Å². The fourth-order valence-corrected chi connectivity index (χ4v) is 3.44. The molecule has 138 valence electrons. The van der Waals surface area contributed by atoms with Crippen molar-refractivity contribution in [3.05, 3.63) is 60.6 Å². The molecular formula is C20H21N5O2. The number of imidazole rings is 1. The Morgan fingerprint density at radius 2 is 1.81 bits per heavy atom. The summed E-state index contributed by atoms with van der Waals surface area (Å²) in [7, 11) is 0. The van der Waals surface area contributed by atoms with Gasteiger partial charge in [0.15, 0.2) is 0 Å². The number of pyridine rings is 1. The maximum atomic E-state index is 12.5. The van der Waals surface area contributed by atoms with Crippen LogP contribution in [0, 0.1) is 5.92 Å². The predicted octanol–water partition coefficient (Wildman–Crippen LogP) is 2.29. The number of nitrogens with two attached hydrogens (primary N) is 1. The van der Waals surface area contributed by atoms with E-state index in [2.05, 4.69) is 15.2 Å². The number of carbonyl (C=O) groups excluding carboxylic acids is 2. The van der Waals surface area contributed by atoms with Crippen LogP contribution in [0.3, 0.4) is 0 Å². The van der Waals surface area contributed by atoms with E-state index in [9.17, 15) is 9.59 Å². The van der Waals surface area contributed by atoms with Gasteiger partial charge in [-0.3, -0.25) is 9.59 Å². The molecule has 3 heterocycles. The molecule has 1 aliphatic heterocycles. The molecule has 0 bridgehead atoms. The van der Waals surface area contributed by atoms with Crippen LogP contribution in [0.5, 0.6) is 0 Å². The summed E-state index contributed by atoms with van der Waals surface area (Å²) in [4.78, 5) is 30.2. The first kappa shape index (κ1) is 17.1. The summed E-state index contributed by atoms with van der Waals surface area (Å²) in [5.41, 5.74) is 8.57. The number of hydrogen-bond acceptors (Lipinski definition) is 4. The molecule has 1 aromatic carbocycles. The van der Waals surface area contributed by atoms with E-state index in [1.54, 1.807) is 18.5 Å². The molecule has 7 nitrogen and oxygen atoms in total. The summed E-state index contributed by atoms with van der Waals surface area (Å²) < 4.78 is 1.81. The molecule has 0 atom stereocenters. The molecule has 4 rings (SSSR count). The van der Waals surface area contributed by atoms with Crippen molar-refractivity contribution in [2.75, 3.05) is 23.3 Å². The second kappa shape index (κ2) is 7.11. The van der Waals surface area contributed by atoms with E-state index in [0.717, 1.165) is 43.0 Å². The number of nitrogens with one attached hydrogen (secondary N) is 1. The van der Waals surface area contributed by atoms with Gasteiger partial charge in [0.05, 0.1) is 5.56 Å². The van der Waals surface area contributed by atoms with Gasteiger partial charge >= 0.3 is 0 Å². The van der Waals surface area contributed by atoms with E-state index in [1.165, 1.54) is 0 Å². The molecule has 3 aromatic rings. The molecule has 0 saturated carbocycles. The molecule has 7 heteroatoms. The first-order valence-electron chi connectivity index (χ1n) is 8.98. The fourth-order valence-electron chi connectivity index (χ4n) is 3.44. The summed E-state index contributed by atoms with van der Waals surface area (Å²) in [6.07, 6.45) is 6.83. The Bertz CT molecular complexity index is 971. The lowest BCUT2D eigenvalue weighted by Gasteiger charge is -2.32. The number of rotatable bonds is 4. The van der Waals surface area contributed by atoms with E-state index in [4.69, 9.17) is 5.73 Å². The van der Waals surface area contributed by atoms with Gasteiger partial charge in [-0.05, 0) is 49.2 Å². The summed E-state index contributed by atoms with van der Waals surface area (Å²) in [6.45, 7) is 1.62. The van der Waals surface area contributed by atoms with Crippen LogP contribution < -0.4 is 16.0 Å². The Morgan fingerprint density at radius 1 is 1.07 bits per heavy atom. The van der Waals surface area contributed by atoms with Gasteiger partial charge in [-0.1, -0.05) is 0 Å². The van der Waals surface area contributed by atoms with Crippen LogP contribution in [0.1, 0.15) is 23.2 Å². The zero-order valence-corrected chi connectivity index (χ0v) is 14.8. The molecule has 0 radical (unpaired) electrons. The lowest BCUT2D eigenvalue weighted by Crippen LogP contribution is -2.38. The van der Waals surface area contributed by atoms with Crippen molar-refractivity contribution < 1.29 is 9.59 Å². The molecule has 3 N–H and O–H groups in total. The predicted molar refractivity (Wildman–Crippen MR) is 104 cm³/mol. The Kier molecular flexibility index (Phi) is 4.50. The van der Waals surface area contributed by atoms with Gasteiger partial charge in [0, 0.05) is 49.0 Å². The van der Waals surface area contributed by atoms with Gasteiger partial charge in [-0.15, -0.1) is 0 Å². The number of piperidine rings is 1. The van der Waals surface area contributed by atoms with E-state index in [-0.39, 0.29) is 17.7 Å². The van der Waals surface area contributed by atoms with Gasteiger partial charge in [-0.2, -0.15) is 0 Å². The summed E-state index contributed by atoms with van der Waals surface area (Å²) in [6, 6.07) is 11.3. The number of amides is 2. The smallest absolute Gasteiger partial charge is 0.257 e. The molecule has 1 aliphatic rings. The fraction of sp³-hybridized carbons (Fsp3) is 0.250. The highest BCUT2D eigenvalue weighted by Crippen LogP contribution is 2.24. The molecule has 1 fully saturated rings. The minimum atomic E-state index is -0.207. The third-order valence-electron chi connectivity index (χ3n) is 5.04. The topological polar surface area (TPSA) is 92.7 Å². The standard InChI is InChI=1S/C20H21N5O2/c21-19(26)14-7-10-24(11-8-14)17-4-2-16(3-5-17)23-20(27)15-1-6-18-22-9-12-25(18)13-15/h1-6,9,12-14H,7-8,10-11H2,(H2,21,26)(H,23,27). The van der Waals surface area contributed by atoms with Crippen molar-refractivity contribution in [3.63, 3.8) is 0 Å². The average Bonchev–Trinajstić information content (AvgIpc) is 3.16. The van der Waals surface area contributed by atoms with Gasteiger partial charge in [0.25, 0.3) is 5.91 Å². The molecule has 0 spiro atoms. The number of primary amides is 1. The number of aromatic nitrogens is 2. The maximum absolute atomic E-state index is 12.5. The van der Waals surface area contributed by atoms with Crippen LogP contribution in [0.2, 0.25) is 0 Å². The summed E-state index contributed by atoms with van der Waals surface area (Å²) >= 11 is 0. The number of anilines is 2. The van der Waals surface area contributed by atoms with Gasteiger partial charge in [0.2, 0.25) is 5.91 Å².